The molecule has 0 aliphatic rings. The molecule has 0 radical (unpaired) electrons. The van der Waals surface area contributed by atoms with Gasteiger partial charge in [-0.05, 0) is 28.1 Å². The third-order valence-electron chi connectivity index (χ3n) is 2.02. The predicted octanol–water partition coefficient (Wildman–Crippen LogP) is 2.04. The van der Waals surface area contributed by atoms with Gasteiger partial charge in [-0.2, -0.15) is 5.26 Å². The van der Waals surface area contributed by atoms with Gasteiger partial charge in [0.2, 0.25) is 0 Å². The lowest BCUT2D eigenvalue weighted by Gasteiger charge is -2.10. The fourth-order valence-electron chi connectivity index (χ4n) is 1.30. The molecule has 5 heteroatoms. The van der Waals surface area contributed by atoms with Gasteiger partial charge in [0, 0.05) is 5.56 Å². The molecule has 0 atom stereocenters. The molecular formula is C11H10BrNO3. The van der Waals surface area contributed by atoms with Crippen molar-refractivity contribution in [2.45, 2.75) is 6.42 Å². The van der Waals surface area contributed by atoms with Gasteiger partial charge in [0.15, 0.2) is 0 Å². The van der Waals surface area contributed by atoms with E-state index in [-0.39, 0.29) is 12.4 Å². The monoisotopic (exact) mass is 283 g/mol. The molecular weight excluding hydrogens is 274 g/mol. The highest BCUT2D eigenvalue weighted by Crippen LogP contribution is 2.30. The molecule has 0 unspecified atom stereocenters. The first kappa shape index (κ1) is 12.5. The molecule has 0 aliphatic heterocycles. The Morgan fingerprint density at radius 3 is 2.69 bits per heavy atom. The third kappa shape index (κ3) is 2.74. The molecule has 0 spiro atoms. The van der Waals surface area contributed by atoms with E-state index in [1.807, 2.05) is 6.07 Å². The standard InChI is InChI=1S/C11H10BrNO3/c1-15-10(14)5-8-3-7(6-13)4-9(12)11(8)16-2/h3-4H,5H2,1-2H3. The number of hydrogen-bond acceptors (Lipinski definition) is 4. The van der Waals surface area contributed by atoms with E-state index in [4.69, 9.17) is 10.00 Å². The van der Waals surface area contributed by atoms with E-state index in [2.05, 4.69) is 20.7 Å². The zero-order valence-corrected chi connectivity index (χ0v) is 10.5. The average molecular weight is 284 g/mol. The summed E-state index contributed by atoms with van der Waals surface area (Å²) in [5.74, 6) is 0.171. The predicted molar refractivity (Wildman–Crippen MR) is 61.1 cm³/mol. The number of halogens is 1. The van der Waals surface area contributed by atoms with Crippen molar-refractivity contribution in [2.75, 3.05) is 14.2 Å². The zero-order valence-electron chi connectivity index (χ0n) is 8.91. The van der Waals surface area contributed by atoms with E-state index in [0.717, 1.165) is 0 Å². The molecule has 0 saturated carbocycles. The maximum atomic E-state index is 11.2. The van der Waals surface area contributed by atoms with Crippen LogP contribution >= 0.6 is 15.9 Å². The number of benzene rings is 1. The number of esters is 1. The van der Waals surface area contributed by atoms with Crippen LogP contribution in [-0.4, -0.2) is 20.2 Å². The highest BCUT2D eigenvalue weighted by atomic mass is 79.9. The lowest BCUT2D eigenvalue weighted by molar-refractivity contribution is -0.139. The maximum Gasteiger partial charge on any atom is 0.310 e. The summed E-state index contributed by atoms with van der Waals surface area (Å²) in [5, 5.41) is 8.81. The summed E-state index contributed by atoms with van der Waals surface area (Å²) in [5.41, 5.74) is 1.09. The SMILES string of the molecule is COC(=O)Cc1cc(C#N)cc(Br)c1OC. The normalized spacial score (nSPS) is 9.38. The molecule has 0 amide bonds. The number of rotatable bonds is 3. The minimum atomic E-state index is -0.375. The van der Waals surface area contributed by atoms with Crippen LogP contribution in [0.3, 0.4) is 0 Å². The minimum Gasteiger partial charge on any atom is -0.495 e. The van der Waals surface area contributed by atoms with Crippen LogP contribution in [0.4, 0.5) is 0 Å². The van der Waals surface area contributed by atoms with Gasteiger partial charge in [0.1, 0.15) is 5.75 Å². The topological polar surface area (TPSA) is 59.3 Å². The van der Waals surface area contributed by atoms with E-state index < -0.39 is 0 Å². The van der Waals surface area contributed by atoms with Crippen LogP contribution in [0.1, 0.15) is 11.1 Å². The highest BCUT2D eigenvalue weighted by Gasteiger charge is 2.13. The van der Waals surface area contributed by atoms with E-state index in [1.165, 1.54) is 14.2 Å². The summed E-state index contributed by atoms with van der Waals surface area (Å²) in [6.45, 7) is 0. The van der Waals surface area contributed by atoms with Gasteiger partial charge >= 0.3 is 5.97 Å². The number of nitrogens with zero attached hydrogens (tertiary/aromatic N) is 1. The lowest BCUT2D eigenvalue weighted by Crippen LogP contribution is -2.06. The Morgan fingerprint density at radius 2 is 2.19 bits per heavy atom. The van der Waals surface area contributed by atoms with Crippen molar-refractivity contribution < 1.29 is 14.3 Å². The molecule has 0 N–H and O–H groups in total. The van der Waals surface area contributed by atoms with Gasteiger partial charge in [-0.25, -0.2) is 0 Å². The molecule has 0 aromatic heterocycles. The number of methoxy groups -OCH3 is 2. The van der Waals surface area contributed by atoms with E-state index in [0.29, 0.717) is 21.3 Å². The summed E-state index contributed by atoms with van der Waals surface area (Å²) >= 11 is 3.28. The van der Waals surface area contributed by atoms with Crippen molar-refractivity contribution in [2.24, 2.45) is 0 Å². The molecule has 4 nitrogen and oxygen atoms in total. The van der Waals surface area contributed by atoms with Crippen molar-refractivity contribution >= 4 is 21.9 Å². The van der Waals surface area contributed by atoms with Gasteiger partial charge in [0.25, 0.3) is 0 Å². The summed E-state index contributed by atoms with van der Waals surface area (Å²) < 4.78 is 10.4. The molecule has 0 saturated heterocycles. The van der Waals surface area contributed by atoms with Gasteiger partial charge < -0.3 is 9.47 Å². The first-order valence-corrected chi connectivity index (χ1v) is 5.25. The number of hydrogen-bond donors (Lipinski definition) is 0. The van der Waals surface area contributed by atoms with Crippen LogP contribution < -0.4 is 4.74 Å². The Kier molecular flexibility index (Phi) is 4.32. The Morgan fingerprint density at radius 1 is 1.50 bits per heavy atom. The van der Waals surface area contributed by atoms with E-state index in [9.17, 15) is 4.79 Å². The minimum absolute atomic E-state index is 0.0772. The van der Waals surface area contributed by atoms with Crippen molar-refractivity contribution in [1.82, 2.24) is 0 Å². The molecule has 0 bridgehead atoms. The fourth-order valence-corrected chi connectivity index (χ4v) is 1.97. The van der Waals surface area contributed by atoms with Crippen LogP contribution in [0.25, 0.3) is 0 Å². The van der Waals surface area contributed by atoms with Gasteiger partial charge in [0.05, 0.1) is 36.7 Å². The van der Waals surface area contributed by atoms with Gasteiger partial charge in [-0.3, -0.25) is 4.79 Å². The van der Waals surface area contributed by atoms with Crippen LogP contribution in [-0.2, 0) is 16.0 Å². The number of ether oxygens (including phenoxy) is 2. The van der Waals surface area contributed by atoms with Crippen molar-refractivity contribution in [3.8, 4) is 11.8 Å². The Balaban J connectivity index is 3.19. The Hall–Kier alpha value is -1.54. The summed E-state index contributed by atoms with van der Waals surface area (Å²) in [6, 6.07) is 5.26. The zero-order chi connectivity index (χ0) is 12.1. The second-order valence-corrected chi connectivity index (χ2v) is 3.87. The number of carbonyl (C=O) groups is 1. The van der Waals surface area contributed by atoms with E-state index >= 15 is 0 Å². The quantitative estimate of drug-likeness (QED) is 0.797. The first-order valence-electron chi connectivity index (χ1n) is 4.45. The van der Waals surface area contributed by atoms with Crippen LogP contribution in [0.15, 0.2) is 16.6 Å². The van der Waals surface area contributed by atoms with Crippen LogP contribution in [0.2, 0.25) is 0 Å². The number of carbonyl (C=O) groups excluding carboxylic acids is 1. The molecule has 1 aromatic carbocycles. The summed E-state index contributed by atoms with van der Waals surface area (Å²) in [7, 11) is 2.82. The van der Waals surface area contributed by atoms with Crippen LogP contribution in [0.5, 0.6) is 5.75 Å². The molecule has 1 rings (SSSR count). The summed E-state index contributed by atoms with van der Waals surface area (Å²) in [4.78, 5) is 11.2. The Bertz CT molecular complexity index is 451. The second-order valence-electron chi connectivity index (χ2n) is 3.02. The van der Waals surface area contributed by atoms with E-state index in [1.54, 1.807) is 12.1 Å². The average Bonchev–Trinajstić information content (AvgIpc) is 2.28. The van der Waals surface area contributed by atoms with Crippen LogP contribution in [0, 0.1) is 11.3 Å². The largest absolute Gasteiger partial charge is 0.495 e. The second kappa shape index (κ2) is 5.52. The van der Waals surface area contributed by atoms with Gasteiger partial charge in [-0.15, -0.1) is 0 Å². The molecule has 16 heavy (non-hydrogen) atoms. The highest BCUT2D eigenvalue weighted by molar-refractivity contribution is 9.10. The molecule has 0 fully saturated rings. The molecule has 84 valence electrons. The summed E-state index contributed by atoms with van der Waals surface area (Å²) in [6.07, 6.45) is 0.0772. The Labute approximate surface area is 102 Å². The third-order valence-corrected chi connectivity index (χ3v) is 2.61. The van der Waals surface area contributed by atoms with Crippen molar-refractivity contribution in [3.63, 3.8) is 0 Å². The van der Waals surface area contributed by atoms with Gasteiger partial charge in [-0.1, -0.05) is 0 Å². The first-order chi connectivity index (χ1) is 7.62. The lowest BCUT2D eigenvalue weighted by atomic mass is 10.1. The smallest absolute Gasteiger partial charge is 0.310 e. The number of nitriles is 1. The van der Waals surface area contributed by atoms with Crippen molar-refractivity contribution in [3.05, 3.63) is 27.7 Å². The maximum absolute atomic E-state index is 11.2. The molecule has 1 aromatic rings. The molecule has 0 aliphatic carbocycles. The fraction of sp³-hybridized carbons (Fsp3) is 0.273. The molecule has 0 heterocycles. The van der Waals surface area contributed by atoms with Crippen molar-refractivity contribution in [1.29, 1.82) is 5.26 Å².